The van der Waals surface area contributed by atoms with Gasteiger partial charge >= 0.3 is 5.97 Å². The number of fused-ring (bicyclic) bond motifs is 3. The number of esters is 1. The van der Waals surface area contributed by atoms with Crippen LogP contribution in [0.1, 0.15) is 47.2 Å². The lowest BCUT2D eigenvalue weighted by Gasteiger charge is -2.48. The molecule has 2 aliphatic heterocycles. The molecule has 2 amide bonds. The van der Waals surface area contributed by atoms with Crippen molar-refractivity contribution in [2.75, 3.05) is 18.1 Å². The number of aryl methyl sites for hydroxylation is 2. The van der Waals surface area contributed by atoms with Crippen molar-refractivity contribution >= 4 is 23.5 Å². The largest absolute Gasteiger partial charge is 0.490 e. The summed E-state index contributed by atoms with van der Waals surface area (Å²) in [7, 11) is 0. The van der Waals surface area contributed by atoms with Crippen molar-refractivity contribution in [3.63, 3.8) is 0 Å². The fraction of sp³-hybridized carbons (Fsp3) is 0.400. The predicted octanol–water partition coefficient (Wildman–Crippen LogP) is 3.37. The molecule has 0 radical (unpaired) electrons. The molecule has 166 valence electrons. The van der Waals surface area contributed by atoms with Crippen LogP contribution in [0.25, 0.3) is 0 Å². The number of amides is 2. The molecule has 1 atom stereocenters. The summed E-state index contributed by atoms with van der Waals surface area (Å²) in [6.45, 7) is 4.17. The Morgan fingerprint density at radius 1 is 1.09 bits per heavy atom. The first-order valence-corrected chi connectivity index (χ1v) is 11.1. The zero-order chi connectivity index (χ0) is 22.5. The second-order valence-corrected chi connectivity index (χ2v) is 8.72. The fourth-order valence-electron chi connectivity index (χ4n) is 4.78. The number of para-hydroxylation sites is 1. The summed E-state index contributed by atoms with van der Waals surface area (Å²) in [6, 6.07) is 12.9. The highest BCUT2D eigenvalue weighted by molar-refractivity contribution is 6.15. The van der Waals surface area contributed by atoms with Crippen LogP contribution >= 0.6 is 0 Å². The average molecular weight is 434 g/mol. The van der Waals surface area contributed by atoms with E-state index >= 15 is 0 Å². The number of carbonyl (C=O) groups excluding carboxylic acids is 3. The Morgan fingerprint density at radius 3 is 2.66 bits per heavy atom. The first kappa shape index (κ1) is 20.5. The van der Waals surface area contributed by atoms with Gasteiger partial charge in [-0.1, -0.05) is 24.3 Å². The van der Waals surface area contributed by atoms with Crippen molar-refractivity contribution in [3.05, 3.63) is 59.2 Å². The van der Waals surface area contributed by atoms with E-state index in [0.29, 0.717) is 11.3 Å². The van der Waals surface area contributed by atoms with Crippen molar-refractivity contribution < 1.29 is 23.9 Å². The van der Waals surface area contributed by atoms with Crippen molar-refractivity contribution in [2.24, 2.45) is 0 Å². The number of ether oxygens (including phenoxy) is 2. The number of benzene rings is 2. The minimum Gasteiger partial charge on any atom is -0.490 e. The van der Waals surface area contributed by atoms with E-state index in [-0.39, 0.29) is 43.9 Å². The lowest BCUT2D eigenvalue weighted by atomic mass is 9.96. The van der Waals surface area contributed by atoms with Gasteiger partial charge in [0.15, 0.2) is 0 Å². The standard InChI is InChI=1S/C25H26N2O5/c1-16-7-8-17(2)21(15-16)31-13-14-32-24(30)25-12-11-22(28)27(25)20-6-4-3-5-19(20)23(29)26(25)18-9-10-18/h3-8,15,18H,9-14H2,1-2H3/t25-/m1/s1. The molecule has 2 heterocycles. The van der Waals surface area contributed by atoms with E-state index in [1.54, 1.807) is 29.2 Å². The summed E-state index contributed by atoms with van der Waals surface area (Å²) in [6.07, 6.45) is 2.07. The SMILES string of the molecule is Cc1ccc(C)c(OCCOC(=O)[C@@]23CCC(=O)N2c2ccccc2C(=O)N3C2CC2)c1. The minimum absolute atomic E-state index is 0.0321. The van der Waals surface area contributed by atoms with Gasteiger partial charge in [-0.15, -0.1) is 0 Å². The third-order valence-electron chi connectivity index (χ3n) is 6.46. The smallest absolute Gasteiger partial charge is 0.353 e. The number of hydrogen-bond acceptors (Lipinski definition) is 5. The Kier molecular flexibility index (Phi) is 4.92. The number of hydrogen-bond donors (Lipinski definition) is 0. The maximum Gasteiger partial charge on any atom is 0.353 e. The fourth-order valence-corrected chi connectivity index (χ4v) is 4.78. The van der Waals surface area contributed by atoms with Crippen molar-refractivity contribution in [2.45, 2.75) is 51.2 Å². The Bertz CT molecular complexity index is 1110. The van der Waals surface area contributed by atoms with E-state index in [9.17, 15) is 14.4 Å². The maximum absolute atomic E-state index is 13.5. The lowest BCUT2D eigenvalue weighted by molar-refractivity contribution is -0.158. The summed E-state index contributed by atoms with van der Waals surface area (Å²) in [4.78, 5) is 42.9. The summed E-state index contributed by atoms with van der Waals surface area (Å²) in [5.41, 5.74) is 1.61. The highest BCUT2D eigenvalue weighted by Gasteiger charge is 2.64. The van der Waals surface area contributed by atoms with Gasteiger partial charge in [-0.25, -0.2) is 4.79 Å². The van der Waals surface area contributed by atoms with E-state index in [1.807, 2.05) is 32.0 Å². The molecule has 0 spiro atoms. The molecule has 1 saturated heterocycles. The molecule has 1 saturated carbocycles. The Morgan fingerprint density at radius 2 is 1.88 bits per heavy atom. The molecule has 3 aliphatic rings. The van der Waals surface area contributed by atoms with Gasteiger partial charge in [0.1, 0.15) is 19.0 Å². The van der Waals surface area contributed by atoms with Gasteiger partial charge in [-0.2, -0.15) is 0 Å². The molecule has 7 nitrogen and oxygen atoms in total. The highest BCUT2D eigenvalue weighted by atomic mass is 16.6. The molecule has 32 heavy (non-hydrogen) atoms. The van der Waals surface area contributed by atoms with Gasteiger partial charge in [0.2, 0.25) is 11.6 Å². The van der Waals surface area contributed by atoms with E-state index in [0.717, 1.165) is 29.7 Å². The molecule has 2 aromatic rings. The van der Waals surface area contributed by atoms with Crippen LogP contribution in [0.15, 0.2) is 42.5 Å². The number of rotatable bonds is 6. The second kappa shape index (κ2) is 7.65. The van der Waals surface area contributed by atoms with Gasteiger partial charge in [0.05, 0.1) is 11.3 Å². The molecular weight excluding hydrogens is 408 g/mol. The minimum atomic E-state index is -1.41. The molecule has 2 fully saturated rings. The first-order chi connectivity index (χ1) is 15.4. The van der Waals surface area contributed by atoms with Gasteiger partial charge < -0.3 is 14.4 Å². The summed E-state index contributed by atoms with van der Waals surface area (Å²) in [5, 5.41) is 0. The van der Waals surface area contributed by atoms with Crippen molar-refractivity contribution in [1.82, 2.24) is 4.90 Å². The number of anilines is 1. The maximum atomic E-state index is 13.5. The molecule has 2 aromatic carbocycles. The summed E-state index contributed by atoms with van der Waals surface area (Å²) < 4.78 is 11.5. The molecular formula is C25H26N2O5. The van der Waals surface area contributed by atoms with Crippen LogP contribution in [0.5, 0.6) is 5.75 Å². The van der Waals surface area contributed by atoms with E-state index in [1.165, 1.54) is 4.90 Å². The normalized spacial score (nSPS) is 21.9. The van der Waals surface area contributed by atoms with E-state index < -0.39 is 11.6 Å². The third-order valence-corrected chi connectivity index (χ3v) is 6.46. The zero-order valence-electron chi connectivity index (χ0n) is 18.3. The van der Waals surface area contributed by atoms with E-state index in [4.69, 9.17) is 9.47 Å². The van der Waals surface area contributed by atoms with Crippen LogP contribution in [-0.2, 0) is 14.3 Å². The Balaban J connectivity index is 1.39. The van der Waals surface area contributed by atoms with Crippen LogP contribution in [0.2, 0.25) is 0 Å². The quantitative estimate of drug-likeness (QED) is 0.515. The van der Waals surface area contributed by atoms with Crippen LogP contribution in [0.3, 0.4) is 0 Å². The topological polar surface area (TPSA) is 76.1 Å². The molecule has 7 heteroatoms. The Labute approximate surface area is 186 Å². The molecule has 5 rings (SSSR count). The van der Waals surface area contributed by atoms with Crippen LogP contribution in [0, 0.1) is 13.8 Å². The van der Waals surface area contributed by atoms with Gasteiger partial charge in [-0.3, -0.25) is 14.5 Å². The summed E-state index contributed by atoms with van der Waals surface area (Å²) in [5.74, 6) is -0.197. The highest BCUT2D eigenvalue weighted by Crippen LogP contribution is 2.49. The second-order valence-electron chi connectivity index (χ2n) is 8.72. The summed E-state index contributed by atoms with van der Waals surface area (Å²) >= 11 is 0. The molecule has 0 N–H and O–H groups in total. The third kappa shape index (κ3) is 3.15. The molecule has 1 aliphatic carbocycles. The van der Waals surface area contributed by atoms with Gasteiger partial charge in [0, 0.05) is 18.9 Å². The van der Waals surface area contributed by atoms with Gasteiger partial charge in [-0.05, 0) is 56.0 Å². The monoisotopic (exact) mass is 434 g/mol. The molecule has 0 bridgehead atoms. The predicted molar refractivity (Wildman–Crippen MR) is 117 cm³/mol. The molecule has 0 aromatic heterocycles. The van der Waals surface area contributed by atoms with Crippen molar-refractivity contribution in [1.29, 1.82) is 0 Å². The van der Waals surface area contributed by atoms with Gasteiger partial charge in [0.25, 0.3) is 5.91 Å². The Hall–Kier alpha value is -3.35. The zero-order valence-corrected chi connectivity index (χ0v) is 18.3. The van der Waals surface area contributed by atoms with Crippen molar-refractivity contribution in [3.8, 4) is 5.75 Å². The van der Waals surface area contributed by atoms with E-state index in [2.05, 4.69) is 0 Å². The van der Waals surface area contributed by atoms with Crippen LogP contribution < -0.4 is 9.64 Å². The first-order valence-electron chi connectivity index (χ1n) is 11.1. The lowest BCUT2D eigenvalue weighted by Crippen LogP contribution is -2.69. The average Bonchev–Trinajstić information content (AvgIpc) is 3.56. The molecule has 0 unspecified atom stereocenters. The van der Waals surface area contributed by atoms with Crippen LogP contribution in [-0.4, -0.2) is 47.6 Å². The number of nitrogens with zero attached hydrogens (tertiary/aromatic N) is 2. The van der Waals surface area contributed by atoms with Crippen LogP contribution in [0.4, 0.5) is 5.69 Å². The number of carbonyl (C=O) groups is 3.